The summed E-state index contributed by atoms with van der Waals surface area (Å²) < 4.78 is 7.69. The Balaban J connectivity index is 1.93. The summed E-state index contributed by atoms with van der Waals surface area (Å²) in [7, 11) is 0. The molecule has 0 atom stereocenters. The van der Waals surface area contributed by atoms with Gasteiger partial charge < -0.3 is 9.84 Å². The molecule has 0 amide bonds. The Bertz CT molecular complexity index is 1210. The summed E-state index contributed by atoms with van der Waals surface area (Å²) in [5.41, 5.74) is 0.958. The predicted molar refractivity (Wildman–Crippen MR) is 91.5 cm³/mol. The summed E-state index contributed by atoms with van der Waals surface area (Å²) in [6.07, 6.45) is 2.88. The lowest BCUT2D eigenvalue weighted by molar-refractivity contribution is 0.0528. The van der Waals surface area contributed by atoms with Gasteiger partial charge in [0, 0.05) is 12.3 Å². The van der Waals surface area contributed by atoms with Crippen molar-refractivity contribution in [2.75, 3.05) is 6.61 Å². The van der Waals surface area contributed by atoms with Crippen LogP contribution in [-0.2, 0) is 4.74 Å². The van der Waals surface area contributed by atoms with Gasteiger partial charge in [-0.25, -0.2) is 9.31 Å². The first kappa shape index (κ1) is 15.8. The maximum absolute atomic E-state index is 12.8. The highest BCUT2D eigenvalue weighted by atomic mass is 16.5. The van der Waals surface area contributed by atoms with Gasteiger partial charge >= 0.3 is 5.97 Å². The van der Waals surface area contributed by atoms with E-state index in [0.29, 0.717) is 11.2 Å². The molecule has 0 saturated heterocycles. The Morgan fingerprint density at radius 1 is 1.27 bits per heavy atom. The second kappa shape index (κ2) is 5.96. The molecule has 0 aliphatic heterocycles. The minimum atomic E-state index is -0.552. The van der Waals surface area contributed by atoms with E-state index in [2.05, 4.69) is 15.3 Å². The van der Waals surface area contributed by atoms with Crippen molar-refractivity contribution in [3.8, 4) is 11.4 Å². The number of carbonyl (C=O) groups excluding carboxylic acids is 1. The Hall–Kier alpha value is -3.75. The van der Waals surface area contributed by atoms with Crippen LogP contribution in [0.4, 0.5) is 0 Å². The summed E-state index contributed by atoms with van der Waals surface area (Å²) >= 11 is 0. The SMILES string of the molecule is CCOC(=O)c1cnn2c1nnc1c(=O)n(-c3cccc(O)c3)ccc12. The number of aromatic hydroxyl groups is 1. The molecule has 1 aromatic carbocycles. The van der Waals surface area contributed by atoms with Gasteiger partial charge in [0.25, 0.3) is 5.56 Å². The number of ether oxygens (including phenoxy) is 1. The summed E-state index contributed by atoms with van der Waals surface area (Å²) in [4.78, 5) is 24.7. The van der Waals surface area contributed by atoms with E-state index in [4.69, 9.17) is 4.74 Å². The second-order valence-corrected chi connectivity index (χ2v) is 5.46. The number of aromatic nitrogens is 5. The predicted octanol–water partition coefficient (Wildman–Crippen LogP) is 1.31. The van der Waals surface area contributed by atoms with E-state index in [1.165, 1.54) is 27.4 Å². The molecule has 130 valence electrons. The van der Waals surface area contributed by atoms with Crippen LogP contribution in [0, 0.1) is 0 Å². The molecule has 0 aliphatic rings. The fraction of sp³-hybridized carbons (Fsp3) is 0.118. The van der Waals surface area contributed by atoms with Crippen LogP contribution in [0.3, 0.4) is 0 Å². The maximum Gasteiger partial charge on any atom is 0.343 e. The van der Waals surface area contributed by atoms with Gasteiger partial charge in [0.1, 0.15) is 16.8 Å². The zero-order valence-electron chi connectivity index (χ0n) is 13.7. The normalized spacial score (nSPS) is 11.1. The monoisotopic (exact) mass is 351 g/mol. The molecule has 0 bridgehead atoms. The van der Waals surface area contributed by atoms with Crippen LogP contribution in [-0.4, -0.2) is 42.1 Å². The number of hydrogen-bond donors (Lipinski definition) is 1. The molecule has 0 saturated carbocycles. The van der Waals surface area contributed by atoms with Gasteiger partial charge in [0.05, 0.1) is 18.5 Å². The molecule has 0 spiro atoms. The fourth-order valence-corrected chi connectivity index (χ4v) is 2.69. The van der Waals surface area contributed by atoms with Crippen molar-refractivity contribution >= 4 is 22.6 Å². The number of benzene rings is 1. The van der Waals surface area contributed by atoms with Gasteiger partial charge in [-0.2, -0.15) is 5.10 Å². The molecule has 9 nitrogen and oxygen atoms in total. The number of esters is 1. The molecule has 3 heterocycles. The summed E-state index contributed by atoms with van der Waals surface area (Å²) in [6.45, 7) is 1.93. The minimum absolute atomic E-state index is 0.0437. The minimum Gasteiger partial charge on any atom is -0.508 e. The van der Waals surface area contributed by atoms with Crippen LogP contribution in [0.5, 0.6) is 5.75 Å². The van der Waals surface area contributed by atoms with Crippen LogP contribution >= 0.6 is 0 Å². The number of phenolic OH excluding ortho intramolecular Hbond substituents is 1. The fourth-order valence-electron chi connectivity index (χ4n) is 2.69. The van der Waals surface area contributed by atoms with E-state index in [1.807, 2.05) is 0 Å². The standard InChI is InChI=1S/C17H13N5O4/c1-2-26-17(25)12-9-18-22-13-6-7-21(10-4-3-5-11(23)8-10)16(24)14(13)19-20-15(12)22/h3-9,23H,2H2,1H3. The molecule has 0 unspecified atom stereocenters. The zero-order chi connectivity index (χ0) is 18.3. The van der Waals surface area contributed by atoms with Crippen LogP contribution in [0.1, 0.15) is 17.3 Å². The zero-order valence-corrected chi connectivity index (χ0v) is 13.7. The van der Waals surface area contributed by atoms with Crippen molar-refractivity contribution in [1.29, 1.82) is 0 Å². The van der Waals surface area contributed by atoms with Crippen LogP contribution in [0.15, 0.2) is 47.5 Å². The van der Waals surface area contributed by atoms with E-state index in [9.17, 15) is 14.7 Å². The summed E-state index contributed by atoms with van der Waals surface area (Å²) in [5.74, 6) is -0.508. The molecule has 0 aliphatic carbocycles. The van der Waals surface area contributed by atoms with Gasteiger partial charge in [-0.3, -0.25) is 9.36 Å². The number of fused-ring (bicyclic) bond motifs is 3. The molecule has 4 aromatic rings. The van der Waals surface area contributed by atoms with Gasteiger partial charge in [-0.05, 0) is 25.1 Å². The Morgan fingerprint density at radius 3 is 2.88 bits per heavy atom. The molecule has 26 heavy (non-hydrogen) atoms. The van der Waals surface area contributed by atoms with Crippen molar-refractivity contribution in [1.82, 2.24) is 24.4 Å². The molecule has 3 aromatic heterocycles. The third-order valence-corrected chi connectivity index (χ3v) is 3.87. The lowest BCUT2D eigenvalue weighted by atomic mass is 10.3. The van der Waals surface area contributed by atoms with E-state index < -0.39 is 11.5 Å². The van der Waals surface area contributed by atoms with Crippen LogP contribution in [0.2, 0.25) is 0 Å². The maximum atomic E-state index is 12.8. The number of rotatable bonds is 3. The van der Waals surface area contributed by atoms with Gasteiger partial charge in [0.2, 0.25) is 0 Å². The van der Waals surface area contributed by atoms with E-state index in [-0.39, 0.29) is 29.1 Å². The highest BCUT2D eigenvalue weighted by Crippen LogP contribution is 2.17. The molecule has 4 rings (SSSR count). The van der Waals surface area contributed by atoms with Gasteiger partial charge in [-0.15, -0.1) is 10.2 Å². The molecule has 0 radical (unpaired) electrons. The van der Waals surface area contributed by atoms with Crippen LogP contribution < -0.4 is 5.56 Å². The third-order valence-electron chi connectivity index (χ3n) is 3.87. The van der Waals surface area contributed by atoms with E-state index in [1.54, 1.807) is 31.3 Å². The van der Waals surface area contributed by atoms with E-state index in [0.717, 1.165) is 0 Å². The van der Waals surface area contributed by atoms with Crippen molar-refractivity contribution in [3.05, 3.63) is 58.6 Å². The molecular weight excluding hydrogens is 338 g/mol. The highest BCUT2D eigenvalue weighted by Gasteiger charge is 2.18. The lowest BCUT2D eigenvalue weighted by Gasteiger charge is -2.07. The third kappa shape index (κ3) is 2.37. The number of carbonyl (C=O) groups is 1. The Morgan fingerprint density at radius 2 is 2.12 bits per heavy atom. The Kier molecular flexibility index (Phi) is 3.61. The average molecular weight is 351 g/mol. The van der Waals surface area contributed by atoms with Gasteiger partial charge in [-0.1, -0.05) is 6.07 Å². The first-order chi connectivity index (χ1) is 12.6. The molecule has 0 fully saturated rings. The van der Waals surface area contributed by atoms with Gasteiger partial charge in [0.15, 0.2) is 11.2 Å². The van der Waals surface area contributed by atoms with Crippen molar-refractivity contribution in [2.24, 2.45) is 0 Å². The number of pyridine rings is 1. The van der Waals surface area contributed by atoms with Crippen molar-refractivity contribution in [3.63, 3.8) is 0 Å². The van der Waals surface area contributed by atoms with Crippen molar-refractivity contribution < 1.29 is 14.6 Å². The number of nitrogens with zero attached hydrogens (tertiary/aromatic N) is 5. The number of hydrogen-bond acceptors (Lipinski definition) is 7. The van der Waals surface area contributed by atoms with Crippen molar-refractivity contribution in [2.45, 2.75) is 6.92 Å². The first-order valence-electron chi connectivity index (χ1n) is 7.82. The Labute approximate surface area is 146 Å². The largest absolute Gasteiger partial charge is 0.508 e. The highest BCUT2D eigenvalue weighted by molar-refractivity contribution is 5.96. The second-order valence-electron chi connectivity index (χ2n) is 5.46. The van der Waals surface area contributed by atoms with Crippen LogP contribution in [0.25, 0.3) is 22.4 Å². The molecule has 9 heteroatoms. The quantitative estimate of drug-likeness (QED) is 0.554. The average Bonchev–Trinajstić information content (AvgIpc) is 3.07. The first-order valence-corrected chi connectivity index (χ1v) is 7.82. The topological polar surface area (TPSA) is 112 Å². The smallest absolute Gasteiger partial charge is 0.343 e. The lowest BCUT2D eigenvalue weighted by Crippen LogP contribution is -2.20. The number of phenols is 1. The summed E-state index contributed by atoms with van der Waals surface area (Å²) in [6, 6.07) is 7.94. The molecular formula is C17H13N5O4. The van der Waals surface area contributed by atoms with E-state index >= 15 is 0 Å². The molecule has 1 N–H and O–H groups in total. The summed E-state index contributed by atoms with van der Waals surface area (Å²) in [5, 5.41) is 21.7.